The number of alkyl halides is 1. The number of aromatic amines is 1. The normalized spacial score (nSPS) is 29.3. The Morgan fingerprint density at radius 3 is 2.86 bits per heavy atom. The summed E-state index contributed by atoms with van der Waals surface area (Å²) in [4.78, 5) is 29.1. The number of rotatable bonds is 2. The molecular formula is C10H11FN4O5S. The predicted molar refractivity (Wildman–Crippen MR) is 70.8 cm³/mol. The number of fused-ring (bicyclic) bond motifs is 1. The van der Waals surface area contributed by atoms with Crippen LogP contribution in [-0.2, 0) is 4.74 Å². The van der Waals surface area contributed by atoms with Crippen LogP contribution in [0, 0.1) is 0 Å². The number of hydrogen-bond acceptors (Lipinski definition) is 8. The van der Waals surface area contributed by atoms with Crippen LogP contribution in [0.25, 0.3) is 10.3 Å². The van der Waals surface area contributed by atoms with Gasteiger partial charge in [-0.2, -0.15) is 4.98 Å². The number of nitrogens with two attached hydrogens (primary N) is 1. The van der Waals surface area contributed by atoms with Crippen molar-refractivity contribution in [1.29, 1.82) is 0 Å². The molecule has 11 heteroatoms. The quantitative estimate of drug-likeness (QED) is 0.517. The monoisotopic (exact) mass is 318 g/mol. The summed E-state index contributed by atoms with van der Waals surface area (Å²) in [5.41, 5.74) is 4.68. The molecule has 5 N–H and O–H groups in total. The first-order chi connectivity index (χ1) is 9.93. The molecule has 0 amide bonds. The van der Waals surface area contributed by atoms with Gasteiger partial charge in [0.05, 0.1) is 6.61 Å². The minimum atomic E-state index is -1.94. The van der Waals surface area contributed by atoms with Crippen LogP contribution in [0.5, 0.6) is 0 Å². The number of aromatic nitrogens is 3. The fraction of sp³-hybridized carbons (Fsp3) is 0.500. The van der Waals surface area contributed by atoms with Crippen LogP contribution in [0.2, 0.25) is 0 Å². The van der Waals surface area contributed by atoms with Gasteiger partial charge < -0.3 is 20.7 Å². The van der Waals surface area contributed by atoms with Crippen LogP contribution < -0.4 is 16.2 Å². The summed E-state index contributed by atoms with van der Waals surface area (Å²) in [5.74, 6) is -0.230. The van der Waals surface area contributed by atoms with Gasteiger partial charge in [-0.25, -0.2) is 4.39 Å². The maximum Gasteiger partial charge on any atom is 0.311 e. The second-order valence-electron chi connectivity index (χ2n) is 4.52. The average molecular weight is 318 g/mol. The van der Waals surface area contributed by atoms with Crippen molar-refractivity contribution < 1.29 is 19.3 Å². The van der Waals surface area contributed by atoms with Gasteiger partial charge in [-0.3, -0.25) is 19.1 Å². The van der Waals surface area contributed by atoms with Crippen LogP contribution in [-0.4, -0.2) is 49.7 Å². The molecule has 9 nitrogen and oxygen atoms in total. The Balaban J connectivity index is 2.20. The SMILES string of the molecule is Nc1nc2c(sc(=O)n2[C@@H]2O[C@H](CO)[C@@H](O)[C@@H]2F)c(=O)[nH]1. The van der Waals surface area contributed by atoms with E-state index >= 15 is 0 Å². The number of nitrogens with zero attached hydrogens (tertiary/aromatic N) is 2. The van der Waals surface area contributed by atoms with Crippen molar-refractivity contribution in [3.63, 3.8) is 0 Å². The average Bonchev–Trinajstić information content (AvgIpc) is 2.89. The highest BCUT2D eigenvalue weighted by Gasteiger charge is 2.46. The van der Waals surface area contributed by atoms with E-state index in [0.29, 0.717) is 11.3 Å². The van der Waals surface area contributed by atoms with Gasteiger partial charge in [0.1, 0.15) is 16.9 Å². The lowest BCUT2D eigenvalue weighted by Crippen LogP contribution is -2.31. The molecule has 4 atom stereocenters. The number of H-pyrrole nitrogens is 1. The highest BCUT2D eigenvalue weighted by Crippen LogP contribution is 2.32. The molecule has 0 radical (unpaired) electrons. The van der Waals surface area contributed by atoms with Crippen molar-refractivity contribution in [1.82, 2.24) is 14.5 Å². The molecule has 2 aromatic heterocycles. The Labute approximate surface area is 119 Å². The molecule has 0 aliphatic carbocycles. The topological polar surface area (TPSA) is 143 Å². The van der Waals surface area contributed by atoms with E-state index in [0.717, 1.165) is 4.57 Å². The second-order valence-corrected chi connectivity index (χ2v) is 5.49. The molecule has 21 heavy (non-hydrogen) atoms. The van der Waals surface area contributed by atoms with Crippen molar-refractivity contribution in [3.05, 3.63) is 20.0 Å². The lowest BCUT2D eigenvalue weighted by Gasteiger charge is -2.14. The molecule has 114 valence electrons. The molecule has 1 saturated heterocycles. The van der Waals surface area contributed by atoms with Crippen LogP contribution in [0.1, 0.15) is 6.23 Å². The van der Waals surface area contributed by atoms with Crippen molar-refractivity contribution in [2.45, 2.75) is 24.6 Å². The Hall–Kier alpha value is -1.82. The standard InChI is InChI=1S/C10H11FN4O5S/c11-3-4(17)2(1-16)20-8(3)15-6-5(21-10(15)19)7(18)14-9(12)13-6/h2-4,8,16-17H,1H2,(H3,12,13,14,18)/t2-,3+,4-,8-/m1/s1. The van der Waals surface area contributed by atoms with Gasteiger partial charge in [0, 0.05) is 0 Å². The zero-order valence-electron chi connectivity index (χ0n) is 10.4. The van der Waals surface area contributed by atoms with Gasteiger partial charge in [0.15, 0.2) is 18.0 Å². The van der Waals surface area contributed by atoms with E-state index in [-0.39, 0.29) is 16.3 Å². The highest BCUT2D eigenvalue weighted by molar-refractivity contribution is 7.16. The summed E-state index contributed by atoms with van der Waals surface area (Å²) in [6.07, 6.45) is -6.17. The van der Waals surface area contributed by atoms with Crippen LogP contribution in [0.15, 0.2) is 9.59 Å². The van der Waals surface area contributed by atoms with Crippen molar-refractivity contribution in [2.75, 3.05) is 12.3 Å². The van der Waals surface area contributed by atoms with E-state index in [1.807, 2.05) is 0 Å². The first kappa shape index (κ1) is 14.1. The minimum Gasteiger partial charge on any atom is -0.394 e. The Bertz CT molecular complexity index is 801. The molecule has 0 unspecified atom stereocenters. The van der Waals surface area contributed by atoms with Gasteiger partial charge in [0.25, 0.3) is 5.56 Å². The van der Waals surface area contributed by atoms with Crippen molar-refractivity contribution >= 4 is 27.6 Å². The number of nitrogen functional groups attached to an aromatic ring is 1. The van der Waals surface area contributed by atoms with Crippen LogP contribution in [0.4, 0.5) is 10.3 Å². The van der Waals surface area contributed by atoms with Crippen LogP contribution in [0.3, 0.4) is 0 Å². The van der Waals surface area contributed by atoms with Gasteiger partial charge >= 0.3 is 4.87 Å². The summed E-state index contributed by atoms with van der Waals surface area (Å²) in [6, 6.07) is 0. The largest absolute Gasteiger partial charge is 0.394 e. The van der Waals surface area contributed by atoms with Crippen molar-refractivity contribution in [2.24, 2.45) is 0 Å². The number of hydrogen-bond donors (Lipinski definition) is 4. The summed E-state index contributed by atoms with van der Waals surface area (Å²) in [6.45, 7) is -0.606. The minimum absolute atomic E-state index is 0.0214. The van der Waals surface area contributed by atoms with E-state index in [1.54, 1.807) is 0 Å². The molecule has 0 bridgehead atoms. The Morgan fingerprint density at radius 1 is 1.52 bits per heavy atom. The van der Waals surface area contributed by atoms with E-state index in [1.165, 1.54) is 0 Å². The molecule has 1 fully saturated rings. The van der Waals surface area contributed by atoms with Crippen LogP contribution >= 0.6 is 11.3 Å². The number of nitrogens with one attached hydrogen (secondary N) is 1. The van der Waals surface area contributed by atoms with Gasteiger partial charge in [-0.15, -0.1) is 0 Å². The fourth-order valence-electron chi connectivity index (χ4n) is 2.23. The smallest absolute Gasteiger partial charge is 0.311 e. The first-order valence-electron chi connectivity index (χ1n) is 5.93. The number of thiazole rings is 1. The molecule has 1 aliphatic rings. The first-order valence-corrected chi connectivity index (χ1v) is 6.75. The molecule has 1 aliphatic heterocycles. The number of halogens is 1. The predicted octanol–water partition coefficient (Wildman–Crippen LogP) is -1.68. The third kappa shape index (κ3) is 2.05. The number of aliphatic hydroxyl groups excluding tert-OH is 2. The summed E-state index contributed by atoms with van der Waals surface area (Å²) in [5, 5.41) is 18.6. The highest BCUT2D eigenvalue weighted by atomic mass is 32.1. The van der Waals surface area contributed by atoms with Gasteiger partial charge in [0.2, 0.25) is 5.95 Å². The summed E-state index contributed by atoms with van der Waals surface area (Å²) >= 11 is 0.568. The lowest BCUT2D eigenvalue weighted by molar-refractivity contribution is -0.0465. The molecule has 3 rings (SSSR count). The lowest BCUT2D eigenvalue weighted by atomic mass is 10.1. The second kappa shape index (κ2) is 4.87. The molecule has 2 aromatic rings. The maximum absolute atomic E-state index is 14.1. The number of aliphatic hydroxyl groups is 2. The molecular weight excluding hydrogens is 307 g/mol. The molecule has 3 heterocycles. The maximum atomic E-state index is 14.1. The number of ether oxygens (including phenoxy) is 1. The third-order valence-electron chi connectivity index (χ3n) is 3.22. The number of anilines is 1. The molecule has 0 aromatic carbocycles. The Morgan fingerprint density at radius 2 is 2.24 bits per heavy atom. The summed E-state index contributed by atoms with van der Waals surface area (Å²) < 4.78 is 20.1. The zero-order valence-corrected chi connectivity index (χ0v) is 11.2. The molecule has 0 saturated carbocycles. The summed E-state index contributed by atoms with van der Waals surface area (Å²) in [7, 11) is 0. The van der Waals surface area contributed by atoms with E-state index in [9.17, 15) is 19.1 Å². The van der Waals surface area contributed by atoms with E-state index in [4.69, 9.17) is 15.6 Å². The molecule has 0 spiro atoms. The van der Waals surface area contributed by atoms with Crippen molar-refractivity contribution in [3.8, 4) is 0 Å². The van der Waals surface area contributed by atoms with E-state index < -0.39 is 41.6 Å². The Kier molecular flexibility index (Phi) is 3.28. The van der Waals surface area contributed by atoms with Gasteiger partial charge in [-0.1, -0.05) is 11.3 Å². The third-order valence-corrected chi connectivity index (χ3v) is 4.16. The van der Waals surface area contributed by atoms with Gasteiger partial charge in [-0.05, 0) is 0 Å². The van der Waals surface area contributed by atoms with E-state index in [2.05, 4.69) is 9.97 Å². The fourth-order valence-corrected chi connectivity index (χ4v) is 3.08. The zero-order chi connectivity index (χ0) is 15.3.